The normalized spacial score (nSPS) is 28.0. The molecule has 83 heavy (non-hydrogen) atoms. The molecule has 3 saturated heterocycles. The molecule has 5 heterocycles. The van der Waals surface area contributed by atoms with E-state index in [1.807, 2.05) is 27.7 Å². The van der Waals surface area contributed by atoms with Crippen molar-refractivity contribution < 1.29 is 79.5 Å². The lowest BCUT2D eigenvalue weighted by Gasteiger charge is -2.62. The number of halogens is 6. The van der Waals surface area contributed by atoms with Crippen molar-refractivity contribution in [2.24, 2.45) is 38.0 Å². The van der Waals surface area contributed by atoms with Gasteiger partial charge in [-0.05, 0) is 114 Å². The van der Waals surface area contributed by atoms with Gasteiger partial charge in [0.2, 0.25) is 23.6 Å². The van der Waals surface area contributed by atoms with Crippen LogP contribution in [0.3, 0.4) is 0 Å². The van der Waals surface area contributed by atoms with Crippen LogP contribution in [0.25, 0.3) is 20.4 Å². The average Bonchev–Trinajstić information content (AvgIpc) is 1.60. The molecule has 2 N–H and O–H groups in total. The Morgan fingerprint density at radius 1 is 0.892 bits per heavy atom. The van der Waals surface area contributed by atoms with Crippen molar-refractivity contribution in [1.29, 1.82) is 0 Å². The summed E-state index contributed by atoms with van der Waals surface area (Å²) < 4.78 is 99.6. The lowest BCUT2D eigenvalue weighted by molar-refractivity contribution is -0.274. The number of fused-ring (bicyclic) bond motifs is 4. The minimum Gasteiger partial charge on any atom is -0.497 e. The maximum absolute atomic E-state index is 16.8. The van der Waals surface area contributed by atoms with Gasteiger partial charge in [0.15, 0.2) is 10.3 Å². The van der Waals surface area contributed by atoms with Crippen LogP contribution in [0, 0.1) is 33.0 Å². The second-order valence-electron chi connectivity index (χ2n) is 20.7. The number of ether oxygens (including phenoxy) is 3. The van der Waals surface area contributed by atoms with Gasteiger partial charge in [-0.1, -0.05) is 63.7 Å². The zero-order valence-electron chi connectivity index (χ0n) is 47.3. The molecule has 0 spiro atoms. The predicted octanol–water partition coefficient (Wildman–Crippen LogP) is 11.2. The largest absolute Gasteiger partial charge is 0.573 e. The molecule has 10 atom stereocenters. The van der Waals surface area contributed by atoms with Crippen LogP contribution >= 0.6 is 34.4 Å². The van der Waals surface area contributed by atoms with Gasteiger partial charge in [-0.25, -0.2) is 9.97 Å². The third-order valence-corrected chi connectivity index (χ3v) is 20.1. The first-order valence-corrected chi connectivity index (χ1v) is 29.6. The number of aliphatic hydroxyl groups excluding tert-OH is 2. The van der Waals surface area contributed by atoms with Gasteiger partial charge in [0.25, 0.3) is 0 Å². The summed E-state index contributed by atoms with van der Waals surface area (Å²) in [5.74, 6) is -8.28. The van der Waals surface area contributed by atoms with Crippen molar-refractivity contribution in [2.75, 3.05) is 36.9 Å². The molecule has 0 radical (unpaired) electrons. The number of anilines is 2. The summed E-state index contributed by atoms with van der Waals surface area (Å²) in [5.41, 5.74) is -13.8. The standard InChI is InChI=1S/C53H54F6N6O11S3.2C2H6/c1-8-10-37(69)50(51(39-19-18-38(75-39)48(51,3)24-66)44(73)64(6)46-61-31-15-12-27(52(54,55)56)21-34(31)78-46)40(41(70)65(43(50)72)26-77-33-23-29(76-53(57,58)59)14-16-30(33)60-4)49(25-67)36(68)11-9-20-47(49,2)42(71)63(5)45-62-32-17-13-28(74-7)22-35(32)79-45;2*1-2/h12-17,21-25,36-40,68-69H,4,8-11,18-20,26H2,1-3,5-7H3;2*1-2H3/t36?,37?,38?,39?,40?,47-,48-,49?,50?,51?;;/m0../s1. The van der Waals surface area contributed by atoms with Crippen LogP contribution in [0.5, 0.6) is 11.5 Å². The number of thioether (sulfide) groups is 1. The number of benzene rings is 3. The summed E-state index contributed by atoms with van der Waals surface area (Å²) in [4.78, 5) is 111. The average molecular weight is 1220 g/mol. The van der Waals surface area contributed by atoms with Crippen molar-refractivity contribution in [3.05, 3.63) is 60.2 Å². The number of hydrogen-bond donors (Lipinski definition) is 2. The number of carbonyl (C=O) groups is 6. The fourth-order valence-electron chi connectivity index (χ4n) is 13.2. The van der Waals surface area contributed by atoms with Gasteiger partial charge >= 0.3 is 12.5 Å². The van der Waals surface area contributed by atoms with Crippen LogP contribution in [0.2, 0.25) is 0 Å². The zero-order valence-corrected chi connectivity index (χ0v) is 49.8. The molecular weight excluding hydrogens is 1150 g/mol. The van der Waals surface area contributed by atoms with Gasteiger partial charge < -0.3 is 34.0 Å². The Morgan fingerprint density at radius 3 is 2.05 bits per heavy atom. The van der Waals surface area contributed by atoms with E-state index >= 15 is 24.0 Å². The van der Waals surface area contributed by atoms with E-state index in [0.29, 0.717) is 50.3 Å². The number of carbonyl (C=O) groups excluding carboxylic acids is 6. The molecule has 9 rings (SSSR count). The Bertz CT molecular complexity index is 3310. The topological polar surface area (TPSA) is 218 Å². The molecule has 4 amide bonds. The molecule has 3 aromatic carbocycles. The number of methoxy groups -OCH3 is 1. The van der Waals surface area contributed by atoms with E-state index in [0.717, 1.165) is 57.5 Å². The summed E-state index contributed by atoms with van der Waals surface area (Å²) >= 11 is 2.31. The summed E-state index contributed by atoms with van der Waals surface area (Å²) in [6.45, 7) is 15.8. The molecule has 450 valence electrons. The highest BCUT2D eigenvalue weighted by molar-refractivity contribution is 7.99. The number of nitrogens with zero attached hydrogens (tertiary/aromatic N) is 6. The zero-order chi connectivity index (χ0) is 61.6. The Kier molecular flexibility index (Phi) is 18.8. The van der Waals surface area contributed by atoms with Gasteiger partial charge in [0, 0.05) is 19.0 Å². The van der Waals surface area contributed by atoms with E-state index < -0.39 is 117 Å². The maximum Gasteiger partial charge on any atom is 0.573 e. The smallest absolute Gasteiger partial charge is 0.497 e. The number of amides is 4. The molecule has 5 aromatic rings. The first-order valence-electron chi connectivity index (χ1n) is 27.0. The Morgan fingerprint density at radius 2 is 1.48 bits per heavy atom. The third kappa shape index (κ3) is 10.1. The number of aliphatic hydroxyl groups is 2. The summed E-state index contributed by atoms with van der Waals surface area (Å²) in [6.07, 6.45) is -17.3. The molecule has 1 saturated carbocycles. The molecule has 8 unspecified atom stereocenters. The van der Waals surface area contributed by atoms with Crippen molar-refractivity contribution in [1.82, 2.24) is 14.9 Å². The van der Waals surface area contributed by atoms with E-state index in [-0.39, 0.29) is 75.9 Å². The second kappa shape index (κ2) is 24.1. The summed E-state index contributed by atoms with van der Waals surface area (Å²) in [6, 6.07) is 10.7. The van der Waals surface area contributed by atoms with E-state index in [4.69, 9.17) is 9.47 Å². The minimum absolute atomic E-state index is 0.0104. The Balaban J connectivity index is 0.00000242. The molecule has 2 bridgehead atoms. The molecule has 17 nitrogen and oxygen atoms in total. The second-order valence-corrected chi connectivity index (χ2v) is 23.7. The maximum atomic E-state index is 16.8. The molecule has 2 aromatic heterocycles. The van der Waals surface area contributed by atoms with Gasteiger partial charge in [0.1, 0.15) is 34.9 Å². The van der Waals surface area contributed by atoms with E-state index in [2.05, 4.69) is 26.4 Å². The SMILES string of the molecule is C=Nc1ccc(OC(F)(F)F)cc1SCN1C(=O)C(C2(C=O)C(O)CCC[C@@]2(C)C(=O)N(C)c2nc3ccc(OC)cc3s2)C(C(O)CCC)(C2(C(=O)N(C)c3nc4ccc(C(F)(F)F)cc4s3)C3CCC(O3)[C@]2(C)C=O)C1=O.CC.CC. The third-order valence-electron chi connectivity index (χ3n) is 16.9. The first kappa shape index (κ1) is 64.5. The molecule has 1 aliphatic carbocycles. The number of aldehydes is 2. The lowest BCUT2D eigenvalue weighted by atomic mass is 9.36. The summed E-state index contributed by atoms with van der Waals surface area (Å²) in [7, 11) is 4.02. The van der Waals surface area contributed by atoms with Crippen molar-refractivity contribution >= 4 is 114 Å². The number of aliphatic imine (C=N–C) groups is 1. The van der Waals surface area contributed by atoms with Crippen molar-refractivity contribution in [3.63, 3.8) is 0 Å². The first-order chi connectivity index (χ1) is 39.2. The van der Waals surface area contributed by atoms with Crippen LogP contribution in [-0.4, -0.2) is 126 Å². The Labute approximate surface area is 487 Å². The highest BCUT2D eigenvalue weighted by Gasteiger charge is 2.89. The number of rotatable bonds is 17. The van der Waals surface area contributed by atoms with Crippen LogP contribution in [0.15, 0.2) is 64.5 Å². The fourth-order valence-corrected chi connectivity index (χ4v) is 16.2. The van der Waals surface area contributed by atoms with E-state index in [1.54, 1.807) is 25.1 Å². The molecule has 4 fully saturated rings. The highest BCUT2D eigenvalue weighted by atomic mass is 32.2. The number of likely N-dealkylation sites (tertiary alicyclic amines) is 1. The summed E-state index contributed by atoms with van der Waals surface area (Å²) in [5, 5.41) is 26.3. The van der Waals surface area contributed by atoms with E-state index in [9.17, 15) is 41.4 Å². The quantitative estimate of drug-likeness (QED) is 0.0291. The molecule has 4 aliphatic rings. The van der Waals surface area contributed by atoms with Crippen molar-refractivity contribution in [3.8, 4) is 11.5 Å². The predicted molar refractivity (Wildman–Crippen MR) is 303 cm³/mol. The highest BCUT2D eigenvalue weighted by Crippen LogP contribution is 2.75. The van der Waals surface area contributed by atoms with E-state index in [1.165, 1.54) is 35.1 Å². The number of imide groups is 1. The minimum atomic E-state index is -5.16. The van der Waals surface area contributed by atoms with Gasteiger partial charge in [-0.15, -0.1) is 24.9 Å². The number of alkyl halides is 6. The molecule has 3 aliphatic heterocycles. The number of hydrogen-bond acceptors (Lipinski definition) is 17. The molecule has 26 heteroatoms. The number of thiazole rings is 2. The van der Waals surface area contributed by atoms with Gasteiger partial charge in [-0.2, -0.15) is 13.2 Å². The monoisotopic (exact) mass is 1220 g/mol. The van der Waals surface area contributed by atoms with Crippen LogP contribution in [0.1, 0.15) is 99.0 Å². The van der Waals surface area contributed by atoms with Gasteiger partial charge in [0.05, 0.1) is 91.2 Å². The fraction of sp³-hybridized carbons (Fsp3) is 0.526. The van der Waals surface area contributed by atoms with Gasteiger partial charge in [-0.3, -0.25) is 38.9 Å². The lowest BCUT2D eigenvalue weighted by Crippen LogP contribution is -2.76. The number of aromatic nitrogens is 2. The van der Waals surface area contributed by atoms with Crippen LogP contribution in [-0.2, 0) is 39.7 Å². The molecular formula is C57H66F6N6O11S3. The van der Waals surface area contributed by atoms with Crippen LogP contribution < -0.4 is 19.3 Å². The van der Waals surface area contributed by atoms with Crippen molar-refractivity contribution in [2.45, 2.75) is 135 Å². The Hall–Kier alpha value is -6.06. The van der Waals surface area contributed by atoms with Crippen LogP contribution in [0.4, 0.5) is 42.3 Å².